The molecule has 0 aliphatic heterocycles. The standard InChI is InChI=1S/3C3H4N2S.3C2H6/c1-3-4-2-6-5-3;1-3-4-2-5-6-3;1-3-2-6-5-4-3;3*1-2/h3*2H,1H3;3*1-2H3. The van der Waals surface area contributed by atoms with E-state index in [4.69, 9.17) is 0 Å². The van der Waals surface area contributed by atoms with Crippen LogP contribution in [0.2, 0.25) is 0 Å². The van der Waals surface area contributed by atoms with Gasteiger partial charge in [0, 0.05) is 5.38 Å². The zero-order chi connectivity index (χ0) is 19.2. The average molecular weight is 391 g/mol. The van der Waals surface area contributed by atoms with E-state index in [1.807, 2.05) is 67.7 Å². The molecule has 0 aliphatic carbocycles. The van der Waals surface area contributed by atoms with Crippen LogP contribution in [-0.4, -0.2) is 28.3 Å². The average Bonchev–Trinajstić information content (AvgIpc) is 3.40. The molecule has 0 aliphatic rings. The van der Waals surface area contributed by atoms with Crippen LogP contribution in [0, 0.1) is 20.8 Å². The highest BCUT2D eigenvalue weighted by Crippen LogP contribution is 1.92. The number of hydrogen-bond donors (Lipinski definition) is 0. The topological polar surface area (TPSA) is 77.3 Å². The minimum atomic E-state index is 0.861. The molecule has 138 valence electrons. The van der Waals surface area contributed by atoms with Crippen LogP contribution in [0.25, 0.3) is 0 Å². The Morgan fingerprint density at radius 1 is 0.833 bits per heavy atom. The third-order valence-corrected chi connectivity index (χ3v) is 3.17. The third-order valence-electron chi connectivity index (χ3n) is 1.41. The Kier molecular flexibility index (Phi) is 27.5. The van der Waals surface area contributed by atoms with Crippen LogP contribution in [0.3, 0.4) is 0 Å². The van der Waals surface area contributed by atoms with Gasteiger partial charge in [0.15, 0.2) is 0 Å². The summed E-state index contributed by atoms with van der Waals surface area (Å²) < 4.78 is 11.2. The third kappa shape index (κ3) is 20.7. The molecule has 0 spiro atoms. The summed E-state index contributed by atoms with van der Waals surface area (Å²) in [5, 5.41) is 6.61. The molecule has 3 aromatic heterocycles. The normalized spacial score (nSPS) is 7.38. The van der Waals surface area contributed by atoms with Gasteiger partial charge in [-0.3, -0.25) is 0 Å². The molecule has 24 heavy (non-hydrogen) atoms. The lowest BCUT2D eigenvalue weighted by Gasteiger charge is -1.63. The summed E-state index contributed by atoms with van der Waals surface area (Å²) in [7, 11) is 0. The smallest absolute Gasteiger partial charge is 0.139 e. The van der Waals surface area contributed by atoms with Gasteiger partial charge in [0.25, 0.3) is 0 Å². The van der Waals surface area contributed by atoms with Crippen molar-refractivity contribution >= 4 is 34.6 Å². The lowest BCUT2D eigenvalue weighted by atomic mass is 10.6. The minimum Gasteiger partial charge on any atom is -0.228 e. The molecule has 6 nitrogen and oxygen atoms in total. The van der Waals surface area contributed by atoms with Gasteiger partial charge in [-0.1, -0.05) is 46.0 Å². The predicted molar refractivity (Wildman–Crippen MR) is 108 cm³/mol. The molecule has 3 heterocycles. The largest absolute Gasteiger partial charge is 0.228 e. The number of aromatic nitrogens is 6. The monoisotopic (exact) mass is 390 g/mol. The van der Waals surface area contributed by atoms with E-state index in [2.05, 4.69) is 28.3 Å². The van der Waals surface area contributed by atoms with E-state index >= 15 is 0 Å². The summed E-state index contributed by atoms with van der Waals surface area (Å²) in [6.45, 7) is 17.7. The SMILES string of the molecule is CC.CC.CC.Cc1csnn1.Cc1ncns1.Cc1ncsn1. The van der Waals surface area contributed by atoms with Gasteiger partial charge in [-0.2, -0.15) is 8.75 Å². The van der Waals surface area contributed by atoms with Gasteiger partial charge in [0.05, 0.1) is 5.69 Å². The molecule has 0 fully saturated rings. The van der Waals surface area contributed by atoms with Crippen LogP contribution >= 0.6 is 34.6 Å². The van der Waals surface area contributed by atoms with E-state index in [0.717, 1.165) is 16.5 Å². The molecule has 0 saturated heterocycles. The van der Waals surface area contributed by atoms with Crippen molar-refractivity contribution in [2.45, 2.75) is 62.3 Å². The van der Waals surface area contributed by atoms with E-state index in [0.29, 0.717) is 0 Å². The van der Waals surface area contributed by atoms with Crippen molar-refractivity contribution in [3.63, 3.8) is 0 Å². The second kappa shape index (κ2) is 23.9. The molecule has 3 aromatic rings. The quantitative estimate of drug-likeness (QED) is 0.496. The molecular weight excluding hydrogens is 360 g/mol. The highest BCUT2D eigenvalue weighted by molar-refractivity contribution is 7.05. The van der Waals surface area contributed by atoms with Gasteiger partial charge in [0.2, 0.25) is 0 Å². The Bertz CT molecular complexity index is 419. The maximum Gasteiger partial charge on any atom is 0.139 e. The van der Waals surface area contributed by atoms with Crippen molar-refractivity contribution in [2.24, 2.45) is 0 Å². The molecule has 0 bridgehead atoms. The molecular formula is C15H30N6S3. The van der Waals surface area contributed by atoms with Crippen molar-refractivity contribution in [3.05, 3.63) is 33.7 Å². The Morgan fingerprint density at radius 3 is 1.58 bits per heavy atom. The van der Waals surface area contributed by atoms with Gasteiger partial charge in [-0.25, -0.2) is 9.97 Å². The molecule has 0 aromatic carbocycles. The summed E-state index contributed by atoms with van der Waals surface area (Å²) in [5.41, 5.74) is 2.72. The Balaban J connectivity index is -0.000000239. The summed E-state index contributed by atoms with van der Waals surface area (Å²) in [6, 6.07) is 0. The first-order valence-electron chi connectivity index (χ1n) is 7.88. The van der Waals surface area contributed by atoms with E-state index in [9.17, 15) is 0 Å². The molecule has 0 atom stereocenters. The lowest BCUT2D eigenvalue weighted by Crippen LogP contribution is -1.66. The fraction of sp³-hybridized carbons (Fsp3) is 0.600. The maximum atomic E-state index is 3.85. The van der Waals surface area contributed by atoms with Crippen molar-refractivity contribution in [1.82, 2.24) is 28.3 Å². The summed E-state index contributed by atoms with van der Waals surface area (Å²) in [5.74, 6) is 0.861. The summed E-state index contributed by atoms with van der Waals surface area (Å²) in [6.07, 6.45) is 1.56. The lowest BCUT2D eigenvalue weighted by molar-refractivity contribution is 1.09. The first-order valence-corrected chi connectivity index (χ1v) is 10.3. The number of aryl methyl sites for hydroxylation is 3. The van der Waals surface area contributed by atoms with Crippen LogP contribution < -0.4 is 0 Å². The summed E-state index contributed by atoms with van der Waals surface area (Å²) in [4.78, 5) is 7.65. The molecule has 0 saturated carbocycles. The van der Waals surface area contributed by atoms with Crippen molar-refractivity contribution in [3.8, 4) is 0 Å². The predicted octanol–water partition coefficient (Wildman–Crippen LogP) is 5.62. The van der Waals surface area contributed by atoms with Crippen molar-refractivity contribution in [2.75, 3.05) is 0 Å². The van der Waals surface area contributed by atoms with E-state index < -0.39 is 0 Å². The second-order valence-corrected chi connectivity index (χ2v) is 5.18. The Hall–Kier alpha value is -1.32. The van der Waals surface area contributed by atoms with Crippen LogP contribution in [0.1, 0.15) is 58.1 Å². The van der Waals surface area contributed by atoms with Crippen LogP contribution in [0.5, 0.6) is 0 Å². The van der Waals surface area contributed by atoms with E-state index in [-0.39, 0.29) is 0 Å². The molecule has 0 radical (unpaired) electrons. The first kappa shape index (κ1) is 27.5. The highest BCUT2D eigenvalue weighted by atomic mass is 32.1. The number of nitrogens with zero attached hydrogens (tertiary/aromatic N) is 6. The highest BCUT2D eigenvalue weighted by Gasteiger charge is 1.79. The minimum absolute atomic E-state index is 0.861. The second-order valence-electron chi connectivity index (χ2n) is 2.98. The van der Waals surface area contributed by atoms with E-state index in [1.54, 1.807) is 11.8 Å². The summed E-state index contributed by atoms with van der Waals surface area (Å²) >= 11 is 4.17. The zero-order valence-electron chi connectivity index (χ0n) is 16.1. The number of rotatable bonds is 0. The van der Waals surface area contributed by atoms with Crippen LogP contribution in [-0.2, 0) is 0 Å². The molecule has 9 heteroatoms. The zero-order valence-corrected chi connectivity index (χ0v) is 18.6. The van der Waals surface area contributed by atoms with Gasteiger partial charge in [-0.15, -0.1) is 5.10 Å². The molecule has 0 unspecified atom stereocenters. The van der Waals surface area contributed by atoms with Crippen molar-refractivity contribution < 1.29 is 0 Å². The van der Waals surface area contributed by atoms with Crippen molar-refractivity contribution in [1.29, 1.82) is 0 Å². The van der Waals surface area contributed by atoms with Gasteiger partial charge < -0.3 is 0 Å². The Morgan fingerprint density at radius 2 is 1.46 bits per heavy atom. The molecule has 3 rings (SSSR count). The maximum absolute atomic E-state index is 3.85. The fourth-order valence-corrected chi connectivity index (χ4v) is 1.87. The molecule has 0 N–H and O–H groups in total. The number of hydrogen-bond acceptors (Lipinski definition) is 9. The van der Waals surface area contributed by atoms with Crippen LogP contribution in [0.15, 0.2) is 17.2 Å². The van der Waals surface area contributed by atoms with E-state index in [1.165, 1.54) is 34.6 Å². The van der Waals surface area contributed by atoms with Gasteiger partial charge in [-0.05, 0) is 55.4 Å². The van der Waals surface area contributed by atoms with Gasteiger partial charge >= 0.3 is 0 Å². The fourth-order valence-electron chi connectivity index (χ4n) is 0.663. The molecule has 0 amide bonds. The first-order chi connectivity index (χ1) is 11.7. The Labute approximate surface area is 158 Å². The van der Waals surface area contributed by atoms with Gasteiger partial charge in [0.1, 0.15) is 22.7 Å². The van der Waals surface area contributed by atoms with Crippen LogP contribution in [0.4, 0.5) is 0 Å².